The topological polar surface area (TPSA) is 33.1 Å². The van der Waals surface area contributed by atoms with Crippen LogP contribution in [0.1, 0.15) is 11.3 Å². The number of aromatic nitrogens is 1. The molecule has 0 amide bonds. The fourth-order valence-corrected chi connectivity index (χ4v) is 1.27. The van der Waals surface area contributed by atoms with Gasteiger partial charge < -0.3 is 5.11 Å². The van der Waals surface area contributed by atoms with Crippen molar-refractivity contribution in [2.45, 2.75) is 12.5 Å². The molecule has 56 valence electrons. The average Bonchev–Trinajstić information content (AvgIpc) is 2.04. The summed E-state index contributed by atoms with van der Waals surface area (Å²) < 4.78 is 0. The van der Waals surface area contributed by atoms with E-state index in [-0.39, 0.29) is 6.10 Å². The molecule has 2 rings (SSSR count). The minimum Gasteiger partial charge on any atom is -0.389 e. The third-order valence-electron chi connectivity index (χ3n) is 1.83. The van der Waals surface area contributed by atoms with Crippen molar-refractivity contribution in [3.05, 3.63) is 35.7 Å². The second-order valence-corrected chi connectivity index (χ2v) is 2.68. The second-order valence-electron chi connectivity index (χ2n) is 2.68. The maximum absolute atomic E-state index is 9.24. The molecule has 1 heterocycles. The third kappa shape index (κ3) is 1.17. The molecule has 0 unspecified atom stereocenters. The second kappa shape index (κ2) is 2.47. The highest BCUT2D eigenvalue weighted by molar-refractivity contribution is 5.52. The molecule has 0 saturated heterocycles. The molecular formula is C9H9NO. The lowest BCUT2D eigenvalue weighted by molar-refractivity contribution is 0.223. The Labute approximate surface area is 65.2 Å². The largest absolute Gasteiger partial charge is 0.389 e. The molecule has 0 bridgehead atoms. The molecule has 1 aliphatic rings. The lowest BCUT2D eigenvalue weighted by Gasteiger charge is -2.12. The number of hydrogen-bond acceptors (Lipinski definition) is 2. The van der Waals surface area contributed by atoms with Crippen molar-refractivity contribution < 1.29 is 5.11 Å². The first-order valence-corrected chi connectivity index (χ1v) is 3.66. The quantitative estimate of drug-likeness (QED) is 0.594. The SMILES string of the molecule is O[C@H]1C=Cc2ncccc2C1. The molecule has 2 heteroatoms. The zero-order valence-corrected chi connectivity index (χ0v) is 6.07. The van der Waals surface area contributed by atoms with Gasteiger partial charge in [0.25, 0.3) is 0 Å². The van der Waals surface area contributed by atoms with E-state index in [2.05, 4.69) is 4.98 Å². The summed E-state index contributed by atoms with van der Waals surface area (Å²) in [7, 11) is 0. The Bertz CT molecular complexity index is 293. The van der Waals surface area contributed by atoms with Crippen LogP contribution in [0.15, 0.2) is 24.4 Å². The molecule has 0 saturated carbocycles. The van der Waals surface area contributed by atoms with E-state index in [0.29, 0.717) is 6.42 Å². The van der Waals surface area contributed by atoms with Crippen molar-refractivity contribution in [1.82, 2.24) is 4.98 Å². The molecule has 11 heavy (non-hydrogen) atoms. The van der Waals surface area contributed by atoms with Crippen LogP contribution >= 0.6 is 0 Å². The van der Waals surface area contributed by atoms with Crippen LogP contribution in [-0.4, -0.2) is 16.2 Å². The van der Waals surface area contributed by atoms with Gasteiger partial charge in [-0.1, -0.05) is 12.1 Å². The van der Waals surface area contributed by atoms with Crippen molar-refractivity contribution in [2.24, 2.45) is 0 Å². The highest BCUT2D eigenvalue weighted by Crippen LogP contribution is 2.15. The van der Waals surface area contributed by atoms with E-state index in [1.54, 1.807) is 12.3 Å². The van der Waals surface area contributed by atoms with Gasteiger partial charge in [0.05, 0.1) is 11.8 Å². The zero-order chi connectivity index (χ0) is 7.68. The predicted octanol–water partition coefficient (Wildman–Crippen LogP) is 1.01. The van der Waals surface area contributed by atoms with Gasteiger partial charge in [-0.25, -0.2) is 0 Å². The third-order valence-corrected chi connectivity index (χ3v) is 1.83. The zero-order valence-electron chi connectivity index (χ0n) is 6.07. The van der Waals surface area contributed by atoms with Crippen molar-refractivity contribution >= 4 is 6.08 Å². The van der Waals surface area contributed by atoms with Crippen LogP contribution in [0.3, 0.4) is 0 Å². The number of aliphatic hydroxyl groups excluding tert-OH is 1. The highest BCUT2D eigenvalue weighted by Gasteiger charge is 2.10. The summed E-state index contributed by atoms with van der Waals surface area (Å²) in [4.78, 5) is 4.16. The van der Waals surface area contributed by atoms with Crippen molar-refractivity contribution in [3.8, 4) is 0 Å². The van der Waals surface area contributed by atoms with Gasteiger partial charge in [-0.15, -0.1) is 0 Å². The number of pyridine rings is 1. The first-order chi connectivity index (χ1) is 5.36. The van der Waals surface area contributed by atoms with Crippen LogP contribution in [0.4, 0.5) is 0 Å². The first-order valence-electron chi connectivity index (χ1n) is 3.66. The maximum atomic E-state index is 9.24. The van der Waals surface area contributed by atoms with E-state index in [0.717, 1.165) is 11.3 Å². The van der Waals surface area contributed by atoms with Gasteiger partial charge in [0.1, 0.15) is 0 Å². The smallest absolute Gasteiger partial charge is 0.0765 e. The van der Waals surface area contributed by atoms with Gasteiger partial charge in [-0.3, -0.25) is 4.98 Å². The molecule has 0 fully saturated rings. The van der Waals surface area contributed by atoms with Gasteiger partial charge in [0.15, 0.2) is 0 Å². The molecule has 0 aromatic carbocycles. The Morgan fingerprint density at radius 3 is 3.36 bits per heavy atom. The van der Waals surface area contributed by atoms with Gasteiger partial charge in [-0.05, 0) is 17.7 Å². The molecule has 0 spiro atoms. The summed E-state index contributed by atoms with van der Waals surface area (Å²) in [5.41, 5.74) is 2.11. The molecule has 1 N–H and O–H groups in total. The van der Waals surface area contributed by atoms with Crippen LogP contribution in [0, 0.1) is 0 Å². The number of hydrogen-bond donors (Lipinski definition) is 1. The summed E-state index contributed by atoms with van der Waals surface area (Å²) in [5, 5.41) is 9.24. The van der Waals surface area contributed by atoms with Crippen molar-refractivity contribution in [1.29, 1.82) is 0 Å². The van der Waals surface area contributed by atoms with E-state index >= 15 is 0 Å². The lowest BCUT2D eigenvalue weighted by Crippen LogP contribution is -2.11. The monoisotopic (exact) mass is 147 g/mol. The Morgan fingerprint density at radius 1 is 1.55 bits per heavy atom. The summed E-state index contributed by atoms with van der Waals surface area (Å²) in [6.07, 6.45) is 5.77. The Kier molecular flexibility index (Phi) is 1.47. The van der Waals surface area contributed by atoms with Crippen LogP contribution in [0.2, 0.25) is 0 Å². The summed E-state index contributed by atoms with van der Waals surface area (Å²) >= 11 is 0. The fraction of sp³-hybridized carbons (Fsp3) is 0.222. The summed E-state index contributed by atoms with van der Waals surface area (Å²) in [5.74, 6) is 0. The van der Waals surface area contributed by atoms with E-state index in [1.807, 2.05) is 18.2 Å². The fourth-order valence-electron chi connectivity index (χ4n) is 1.27. The average molecular weight is 147 g/mol. The van der Waals surface area contributed by atoms with Gasteiger partial charge in [-0.2, -0.15) is 0 Å². The molecule has 1 aromatic heterocycles. The number of rotatable bonds is 0. The van der Waals surface area contributed by atoms with E-state index < -0.39 is 0 Å². The molecule has 1 aliphatic carbocycles. The maximum Gasteiger partial charge on any atom is 0.0765 e. The molecule has 0 radical (unpaired) electrons. The minimum absolute atomic E-state index is 0.327. The first kappa shape index (κ1) is 6.55. The Hall–Kier alpha value is -1.15. The van der Waals surface area contributed by atoms with Crippen LogP contribution in [-0.2, 0) is 6.42 Å². The standard InChI is InChI=1S/C9H9NO/c11-8-3-4-9-7(6-8)2-1-5-10-9/h1-5,8,11H,6H2/t8-/m0/s1. The van der Waals surface area contributed by atoms with Gasteiger partial charge in [0, 0.05) is 12.6 Å². The highest BCUT2D eigenvalue weighted by atomic mass is 16.3. The van der Waals surface area contributed by atoms with E-state index in [1.165, 1.54) is 0 Å². The number of nitrogens with zero attached hydrogens (tertiary/aromatic N) is 1. The van der Waals surface area contributed by atoms with Crippen LogP contribution in [0.25, 0.3) is 6.08 Å². The molecular weight excluding hydrogens is 138 g/mol. The van der Waals surface area contributed by atoms with Crippen molar-refractivity contribution in [3.63, 3.8) is 0 Å². The molecule has 1 aromatic rings. The van der Waals surface area contributed by atoms with Crippen LogP contribution in [0.5, 0.6) is 0 Å². The molecule has 1 atom stereocenters. The Balaban J connectivity index is 2.46. The molecule has 0 aliphatic heterocycles. The summed E-state index contributed by atoms with van der Waals surface area (Å²) in [6.45, 7) is 0. The minimum atomic E-state index is -0.327. The molecule has 2 nitrogen and oxygen atoms in total. The lowest BCUT2D eigenvalue weighted by atomic mass is 10.0. The number of aliphatic hydroxyl groups is 1. The number of fused-ring (bicyclic) bond motifs is 1. The predicted molar refractivity (Wildman–Crippen MR) is 43.0 cm³/mol. The normalized spacial score (nSPS) is 21.4. The Morgan fingerprint density at radius 2 is 2.45 bits per heavy atom. The van der Waals surface area contributed by atoms with E-state index in [9.17, 15) is 5.11 Å². The van der Waals surface area contributed by atoms with Gasteiger partial charge in [0.2, 0.25) is 0 Å². The van der Waals surface area contributed by atoms with E-state index in [4.69, 9.17) is 0 Å². The van der Waals surface area contributed by atoms with Gasteiger partial charge >= 0.3 is 0 Å². The van der Waals surface area contributed by atoms with Crippen LogP contribution < -0.4 is 0 Å². The van der Waals surface area contributed by atoms with Crippen molar-refractivity contribution in [2.75, 3.05) is 0 Å². The summed E-state index contributed by atoms with van der Waals surface area (Å²) in [6, 6.07) is 3.89.